The minimum Gasteiger partial charge on any atom is -0.462 e. The van der Waals surface area contributed by atoms with Crippen molar-refractivity contribution in [1.29, 1.82) is 0 Å². The normalized spacial score (nSPS) is 10.2. The molecular weight excluding hydrogens is 274 g/mol. The third-order valence-corrected chi connectivity index (χ3v) is 2.87. The van der Waals surface area contributed by atoms with Crippen LogP contribution in [0.15, 0.2) is 29.3 Å². The Balaban J connectivity index is 2.29. The number of rotatable bonds is 4. The van der Waals surface area contributed by atoms with Crippen LogP contribution in [0.4, 0.5) is 5.69 Å². The molecule has 0 aromatic carbocycles. The minimum atomic E-state index is -0.596. The van der Waals surface area contributed by atoms with E-state index in [0.717, 1.165) is 0 Å². The van der Waals surface area contributed by atoms with E-state index in [9.17, 15) is 14.4 Å². The molecular formula is C14H15N3O4. The van der Waals surface area contributed by atoms with Crippen molar-refractivity contribution >= 4 is 17.6 Å². The zero-order valence-electron chi connectivity index (χ0n) is 11.6. The Labute approximate surface area is 120 Å². The summed E-state index contributed by atoms with van der Waals surface area (Å²) in [5, 5.41) is 2.54. The molecule has 1 amide bonds. The van der Waals surface area contributed by atoms with Gasteiger partial charge in [0.15, 0.2) is 0 Å². The maximum absolute atomic E-state index is 12.1. The van der Waals surface area contributed by atoms with Crippen LogP contribution in [0, 0.1) is 6.92 Å². The van der Waals surface area contributed by atoms with Crippen LogP contribution in [0.5, 0.6) is 0 Å². The van der Waals surface area contributed by atoms with E-state index < -0.39 is 17.4 Å². The van der Waals surface area contributed by atoms with Crippen molar-refractivity contribution in [3.05, 3.63) is 51.7 Å². The Morgan fingerprint density at radius 2 is 2.10 bits per heavy atom. The van der Waals surface area contributed by atoms with Crippen molar-refractivity contribution in [2.45, 2.75) is 13.8 Å². The summed E-state index contributed by atoms with van der Waals surface area (Å²) < 4.78 is 4.94. The number of anilines is 1. The molecule has 0 aliphatic rings. The molecule has 2 rings (SSSR count). The molecule has 110 valence electrons. The number of hydrogen-bond donors (Lipinski definition) is 3. The number of amides is 1. The van der Waals surface area contributed by atoms with Crippen molar-refractivity contribution in [1.82, 2.24) is 9.97 Å². The molecule has 0 unspecified atom stereocenters. The third kappa shape index (κ3) is 3.02. The second-order valence-electron chi connectivity index (χ2n) is 4.29. The molecule has 0 radical (unpaired) electrons. The first kappa shape index (κ1) is 14.6. The lowest BCUT2D eigenvalue weighted by molar-refractivity contribution is 0.0527. The van der Waals surface area contributed by atoms with Crippen LogP contribution >= 0.6 is 0 Å². The van der Waals surface area contributed by atoms with Gasteiger partial charge in [-0.05, 0) is 26.0 Å². The van der Waals surface area contributed by atoms with Gasteiger partial charge in [0.05, 0.1) is 12.3 Å². The number of H-pyrrole nitrogens is 2. The molecule has 2 aromatic heterocycles. The van der Waals surface area contributed by atoms with Crippen molar-refractivity contribution in [3.8, 4) is 0 Å². The van der Waals surface area contributed by atoms with Gasteiger partial charge in [-0.2, -0.15) is 0 Å². The Kier molecular flexibility index (Phi) is 4.22. The maximum Gasteiger partial charge on any atom is 0.342 e. The predicted octanol–water partition coefficient (Wildman–Crippen LogP) is 1.44. The molecule has 2 heterocycles. The highest BCUT2D eigenvalue weighted by Crippen LogP contribution is 2.20. The molecule has 21 heavy (non-hydrogen) atoms. The maximum atomic E-state index is 12.1. The quantitative estimate of drug-likeness (QED) is 0.741. The van der Waals surface area contributed by atoms with Crippen LogP contribution in [-0.4, -0.2) is 28.5 Å². The topological polar surface area (TPSA) is 104 Å². The zero-order chi connectivity index (χ0) is 15.4. The minimum absolute atomic E-state index is 0.0360. The molecule has 3 N–H and O–H groups in total. The summed E-state index contributed by atoms with van der Waals surface area (Å²) in [7, 11) is 0. The molecule has 7 heteroatoms. The van der Waals surface area contributed by atoms with E-state index >= 15 is 0 Å². The highest BCUT2D eigenvalue weighted by molar-refractivity contribution is 6.08. The van der Waals surface area contributed by atoms with Crippen molar-refractivity contribution in [3.63, 3.8) is 0 Å². The van der Waals surface area contributed by atoms with Gasteiger partial charge in [0, 0.05) is 18.1 Å². The van der Waals surface area contributed by atoms with Crippen LogP contribution in [-0.2, 0) is 4.74 Å². The van der Waals surface area contributed by atoms with E-state index in [1.54, 1.807) is 19.9 Å². The summed E-state index contributed by atoms with van der Waals surface area (Å²) in [6, 6.07) is 2.95. The largest absolute Gasteiger partial charge is 0.462 e. The number of nitrogens with one attached hydrogen (secondary N) is 3. The molecule has 0 saturated heterocycles. The lowest BCUT2D eigenvalue weighted by Crippen LogP contribution is -2.23. The Morgan fingerprint density at radius 3 is 2.76 bits per heavy atom. The smallest absolute Gasteiger partial charge is 0.342 e. The van der Waals surface area contributed by atoms with Gasteiger partial charge in [0.25, 0.3) is 11.5 Å². The van der Waals surface area contributed by atoms with E-state index in [2.05, 4.69) is 15.3 Å². The summed E-state index contributed by atoms with van der Waals surface area (Å²) in [5.41, 5.74) is 0.564. The molecule has 0 saturated carbocycles. The number of aryl methyl sites for hydroxylation is 1. The van der Waals surface area contributed by atoms with Crippen molar-refractivity contribution < 1.29 is 14.3 Å². The number of esters is 1. The molecule has 0 aliphatic heterocycles. The molecule has 0 fully saturated rings. The van der Waals surface area contributed by atoms with Crippen LogP contribution in [0.1, 0.15) is 33.3 Å². The number of carbonyl (C=O) groups excluding carboxylic acids is 2. The Hall–Kier alpha value is -2.83. The third-order valence-electron chi connectivity index (χ3n) is 2.87. The number of aromatic nitrogens is 2. The number of hydrogen-bond acceptors (Lipinski definition) is 4. The lowest BCUT2D eigenvalue weighted by Gasteiger charge is -2.06. The average Bonchev–Trinajstić information content (AvgIpc) is 2.80. The van der Waals surface area contributed by atoms with E-state index in [1.807, 2.05) is 0 Å². The molecule has 0 aliphatic carbocycles. The average molecular weight is 289 g/mol. The van der Waals surface area contributed by atoms with Crippen molar-refractivity contribution in [2.24, 2.45) is 0 Å². The summed E-state index contributed by atoms with van der Waals surface area (Å²) in [5.74, 6) is -1.13. The van der Waals surface area contributed by atoms with Crippen LogP contribution in [0.3, 0.4) is 0 Å². The summed E-state index contributed by atoms with van der Waals surface area (Å²) in [6.07, 6.45) is 2.92. The Bertz CT molecular complexity index is 730. The second kappa shape index (κ2) is 6.08. The van der Waals surface area contributed by atoms with Crippen molar-refractivity contribution in [2.75, 3.05) is 11.9 Å². The summed E-state index contributed by atoms with van der Waals surface area (Å²) >= 11 is 0. The van der Waals surface area contributed by atoms with Gasteiger partial charge in [-0.25, -0.2) is 4.79 Å². The number of pyridine rings is 1. The molecule has 0 spiro atoms. The number of carbonyl (C=O) groups is 2. The second-order valence-corrected chi connectivity index (χ2v) is 4.29. The van der Waals surface area contributed by atoms with Gasteiger partial charge in [0.2, 0.25) is 0 Å². The summed E-state index contributed by atoms with van der Waals surface area (Å²) in [6.45, 7) is 3.62. The molecule has 0 atom stereocenters. The molecule has 0 bridgehead atoms. The van der Waals surface area contributed by atoms with E-state index in [-0.39, 0.29) is 23.4 Å². The fourth-order valence-electron chi connectivity index (χ4n) is 1.88. The highest BCUT2D eigenvalue weighted by atomic mass is 16.5. The van der Waals surface area contributed by atoms with Gasteiger partial charge in [-0.15, -0.1) is 0 Å². The van der Waals surface area contributed by atoms with Gasteiger partial charge in [-0.1, -0.05) is 0 Å². The highest BCUT2D eigenvalue weighted by Gasteiger charge is 2.20. The number of ether oxygens (including phenoxy) is 1. The van der Waals surface area contributed by atoms with Crippen LogP contribution in [0.25, 0.3) is 0 Å². The monoisotopic (exact) mass is 289 g/mol. The fourth-order valence-corrected chi connectivity index (χ4v) is 1.88. The van der Waals surface area contributed by atoms with Crippen LogP contribution < -0.4 is 10.9 Å². The standard InChI is InChI=1S/C14H15N3O4/c1-3-21-14(20)11-8(2)16-7-10(11)17-13(19)9-5-4-6-15-12(9)18/h4-7,16H,3H2,1-2H3,(H,15,18)(H,17,19). The fraction of sp³-hybridized carbons (Fsp3) is 0.214. The van der Waals surface area contributed by atoms with E-state index in [4.69, 9.17) is 4.74 Å². The first-order valence-corrected chi connectivity index (χ1v) is 6.38. The SMILES string of the molecule is CCOC(=O)c1c(NC(=O)c2ccc[nH]c2=O)c[nH]c1C. The van der Waals surface area contributed by atoms with E-state index in [1.165, 1.54) is 18.5 Å². The first-order chi connectivity index (χ1) is 10.0. The van der Waals surface area contributed by atoms with Crippen LogP contribution in [0.2, 0.25) is 0 Å². The molecule has 2 aromatic rings. The number of aromatic amines is 2. The van der Waals surface area contributed by atoms with Gasteiger partial charge < -0.3 is 20.0 Å². The van der Waals surface area contributed by atoms with E-state index in [0.29, 0.717) is 5.69 Å². The predicted molar refractivity (Wildman–Crippen MR) is 76.5 cm³/mol. The van der Waals surface area contributed by atoms with Gasteiger partial charge >= 0.3 is 5.97 Å². The zero-order valence-corrected chi connectivity index (χ0v) is 11.6. The lowest BCUT2D eigenvalue weighted by atomic mass is 10.2. The Morgan fingerprint density at radius 1 is 1.33 bits per heavy atom. The first-order valence-electron chi connectivity index (χ1n) is 6.38. The summed E-state index contributed by atoms with van der Waals surface area (Å²) in [4.78, 5) is 40.8. The molecule has 7 nitrogen and oxygen atoms in total. The van der Waals surface area contributed by atoms with Gasteiger partial charge in [-0.3, -0.25) is 9.59 Å². The van der Waals surface area contributed by atoms with Gasteiger partial charge in [0.1, 0.15) is 11.1 Å².